The minimum absolute atomic E-state index is 0.628. The van der Waals surface area contributed by atoms with Crippen molar-refractivity contribution in [3.05, 3.63) is 71.8 Å². The van der Waals surface area contributed by atoms with Crippen LogP contribution in [-0.2, 0) is 12.8 Å². The van der Waals surface area contributed by atoms with Crippen molar-refractivity contribution in [3.8, 4) is 22.6 Å². The van der Waals surface area contributed by atoms with Gasteiger partial charge >= 0.3 is 0 Å². The van der Waals surface area contributed by atoms with E-state index >= 15 is 0 Å². The highest BCUT2D eigenvalue weighted by Gasteiger charge is 2.19. The van der Waals surface area contributed by atoms with Crippen LogP contribution in [0.25, 0.3) is 32.7 Å². The van der Waals surface area contributed by atoms with Crippen LogP contribution in [0.15, 0.2) is 60.7 Å². The smallest absolute Gasteiger partial charge is 0.127 e. The fourth-order valence-corrected chi connectivity index (χ4v) is 4.77. The Hall–Kier alpha value is -3.00. The lowest BCUT2D eigenvalue weighted by Gasteiger charge is -2.19. The van der Waals surface area contributed by atoms with Crippen molar-refractivity contribution in [1.29, 1.82) is 0 Å². The van der Waals surface area contributed by atoms with Gasteiger partial charge in [-0.1, -0.05) is 76.2 Å². The predicted octanol–water partition coefficient (Wildman–Crippen LogP) is 8.07. The zero-order chi connectivity index (χ0) is 22.8. The zero-order valence-corrected chi connectivity index (χ0v) is 20.2. The molecule has 0 atom stereocenters. The van der Waals surface area contributed by atoms with E-state index in [2.05, 4.69) is 88.4 Å². The van der Waals surface area contributed by atoms with E-state index in [9.17, 15) is 0 Å². The second kappa shape index (κ2) is 9.24. The molecular weight excluding hydrogens is 392 g/mol. The van der Waals surface area contributed by atoms with Crippen molar-refractivity contribution in [3.63, 3.8) is 0 Å². The van der Waals surface area contributed by atoms with Gasteiger partial charge in [0.25, 0.3) is 0 Å². The Morgan fingerprint density at radius 3 is 1.31 bits per heavy atom. The van der Waals surface area contributed by atoms with Crippen molar-refractivity contribution in [1.82, 2.24) is 0 Å². The zero-order valence-electron chi connectivity index (χ0n) is 20.2. The van der Waals surface area contributed by atoms with Crippen LogP contribution in [-0.4, -0.2) is 14.2 Å². The number of ether oxygens (including phenoxy) is 2. The second-order valence-corrected chi connectivity index (χ2v) is 9.59. The minimum atomic E-state index is 0.628. The van der Waals surface area contributed by atoms with Gasteiger partial charge in [0.15, 0.2) is 0 Å². The number of hydrogen-bond donors (Lipinski definition) is 0. The molecule has 0 unspecified atom stereocenters. The number of hydrogen-bond acceptors (Lipinski definition) is 2. The van der Waals surface area contributed by atoms with Gasteiger partial charge < -0.3 is 9.47 Å². The molecule has 4 aromatic carbocycles. The SMILES string of the molecule is COc1ccc2cc(CC(C)C)ccc2c1-c1c(OC)ccc2cc(CC(C)C)ccc12. The minimum Gasteiger partial charge on any atom is -0.496 e. The molecule has 4 rings (SSSR count). The predicted molar refractivity (Wildman–Crippen MR) is 137 cm³/mol. The quantitative estimate of drug-likeness (QED) is 0.297. The lowest BCUT2D eigenvalue weighted by atomic mass is 9.89. The van der Waals surface area contributed by atoms with Crippen LogP contribution in [0.4, 0.5) is 0 Å². The molecule has 2 heteroatoms. The third-order valence-electron chi connectivity index (χ3n) is 6.07. The van der Waals surface area contributed by atoms with E-state index in [0.29, 0.717) is 11.8 Å². The Balaban J connectivity index is 2.00. The molecule has 0 fully saturated rings. The summed E-state index contributed by atoms with van der Waals surface area (Å²) in [6.07, 6.45) is 2.15. The number of benzene rings is 4. The summed E-state index contributed by atoms with van der Waals surface area (Å²) in [6.45, 7) is 9.05. The van der Waals surface area contributed by atoms with Gasteiger partial charge in [0.05, 0.1) is 14.2 Å². The first-order chi connectivity index (χ1) is 15.4. The maximum Gasteiger partial charge on any atom is 0.127 e. The van der Waals surface area contributed by atoms with E-state index in [0.717, 1.165) is 35.5 Å². The summed E-state index contributed by atoms with van der Waals surface area (Å²) >= 11 is 0. The van der Waals surface area contributed by atoms with Crippen molar-refractivity contribution in [2.75, 3.05) is 14.2 Å². The maximum atomic E-state index is 5.87. The van der Waals surface area contributed by atoms with Crippen LogP contribution in [0.3, 0.4) is 0 Å². The Bertz CT molecular complexity index is 1150. The van der Waals surface area contributed by atoms with E-state index in [1.807, 2.05) is 0 Å². The summed E-state index contributed by atoms with van der Waals surface area (Å²) in [5, 5.41) is 4.84. The molecule has 0 aliphatic carbocycles. The molecule has 4 aromatic rings. The molecular formula is C30H34O2. The van der Waals surface area contributed by atoms with Crippen LogP contribution >= 0.6 is 0 Å². The average molecular weight is 427 g/mol. The van der Waals surface area contributed by atoms with E-state index in [1.54, 1.807) is 14.2 Å². The molecule has 0 saturated heterocycles. The average Bonchev–Trinajstić information content (AvgIpc) is 2.76. The third kappa shape index (κ3) is 4.32. The second-order valence-electron chi connectivity index (χ2n) is 9.59. The first-order valence-electron chi connectivity index (χ1n) is 11.6. The Kier molecular flexibility index (Phi) is 6.41. The summed E-state index contributed by atoms with van der Waals surface area (Å²) in [5.41, 5.74) is 4.93. The summed E-state index contributed by atoms with van der Waals surface area (Å²) in [5.74, 6) is 2.99. The van der Waals surface area contributed by atoms with Gasteiger partial charge in [-0.25, -0.2) is 0 Å². The summed E-state index contributed by atoms with van der Waals surface area (Å²) in [6, 6.07) is 22.1. The Labute approximate surface area is 192 Å². The molecule has 0 spiro atoms. The van der Waals surface area contributed by atoms with Gasteiger partial charge in [-0.05, 0) is 69.5 Å². The Morgan fingerprint density at radius 1 is 0.562 bits per heavy atom. The van der Waals surface area contributed by atoms with Gasteiger partial charge in [0.1, 0.15) is 11.5 Å². The van der Waals surface area contributed by atoms with Crippen LogP contribution in [0.5, 0.6) is 11.5 Å². The maximum absolute atomic E-state index is 5.87. The van der Waals surface area contributed by atoms with Gasteiger partial charge in [-0.2, -0.15) is 0 Å². The third-order valence-corrected chi connectivity index (χ3v) is 6.07. The highest BCUT2D eigenvalue weighted by Crippen LogP contribution is 2.45. The number of methoxy groups -OCH3 is 2. The molecule has 0 heterocycles. The van der Waals surface area contributed by atoms with E-state index in [4.69, 9.17) is 9.47 Å². The highest BCUT2D eigenvalue weighted by molar-refractivity contribution is 6.10. The lowest BCUT2D eigenvalue weighted by molar-refractivity contribution is 0.411. The monoisotopic (exact) mass is 426 g/mol. The molecule has 166 valence electrons. The van der Waals surface area contributed by atoms with Crippen LogP contribution < -0.4 is 9.47 Å². The van der Waals surface area contributed by atoms with Crippen molar-refractivity contribution >= 4 is 21.5 Å². The number of rotatable bonds is 7. The molecule has 0 saturated carbocycles. The Morgan fingerprint density at radius 2 is 0.969 bits per heavy atom. The molecule has 0 bridgehead atoms. The molecule has 0 radical (unpaired) electrons. The molecule has 2 nitrogen and oxygen atoms in total. The van der Waals surface area contributed by atoms with Gasteiger partial charge in [0, 0.05) is 11.1 Å². The molecule has 0 aliphatic heterocycles. The highest BCUT2D eigenvalue weighted by atomic mass is 16.5. The van der Waals surface area contributed by atoms with Crippen molar-refractivity contribution < 1.29 is 9.47 Å². The molecule has 0 amide bonds. The summed E-state index contributed by atoms with van der Waals surface area (Å²) in [4.78, 5) is 0. The fourth-order valence-electron chi connectivity index (χ4n) is 4.77. The van der Waals surface area contributed by atoms with Crippen LogP contribution in [0.1, 0.15) is 38.8 Å². The van der Waals surface area contributed by atoms with Crippen molar-refractivity contribution in [2.24, 2.45) is 11.8 Å². The summed E-state index contributed by atoms with van der Waals surface area (Å²) in [7, 11) is 3.49. The van der Waals surface area contributed by atoms with Crippen LogP contribution in [0, 0.1) is 11.8 Å². The number of fused-ring (bicyclic) bond motifs is 2. The first-order valence-corrected chi connectivity index (χ1v) is 11.6. The largest absolute Gasteiger partial charge is 0.496 e. The van der Waals surface area contributed by atoms with E-state index in [-0.39, 0.29) is 0 Å². The van der Waals surface area contributed by atoms with Crippen LogP contribution in [0.2, 0.25) is 0 Å². The molecule has 0 N–H and O–H groups in total. The molecule has 32 heavy (non-hydrogen) atoms. The normalized spacial score (nSPS) is 11.6. The first kappa shape index (κ1) is 22.2. The topological polar surface area (TPSA) is 18.5 Å². The van der Waals surface area contributed by atoms with E-state index < -0.39 is 0 Å². The van der Waals surface area contributed by atoms with Gasteiger partial charge in [-0.3, -0.25) is 0 Å². The lowest BCUT2D eigenvalue weighted by Crippen LogP contribution is -1.97. The molecule has 0 aliphatic rings. The summed E-state index contributed by atoms with van der Waals surface area (Å²) < 4.78 is 11.7. The standard InChI is InChI=1S/C30H34O2/c1-19(2)15-21-7-11-25-23(17-21)9-13-27(31-5)29(25)30-26-12-8-22(16-20(3)4)18-24(26)10-14-28(30)32-6/h7-14,17-20H,15-16H2,1-6H3. The fraction of sp³-hybridized carbons (Fsp3) is 0.333. The van der Waals surface area contributed by atoms with Crippen molar-refractivity contribution in [2.45, 2.75) is 40.5 Å². The molecule has 0 aromatic heterocycles. The van der Waals surface area contributed by atoms with Gasteiger partial charge in [0.2, 0.25) is 0 Å². The van der Waals surface area contributed by atoms with E-state index in [1.165, 1.54) is 32.7 Å². The van der Waals surface area contributed by atoms with Gasteiger partial charge in [-0.15, -0.1) is 0 Å².